The minimum Gasteiger partial charge on any atom is -0.306 e. The average Bonchev–Trinajstić information content (AvgIpc) is 2.57. The molecule has 0 radical (unpaired) electrons. The number of nitriles is 1. The van der Waals surface area contributed by atoms with E-state index in [2.05, 4.69) is 10.3 Å². The number of amides is 3. The second-order valence-corrected chi connectivity index (χ2v) is 6.26. The topological polar surface area (TPSA) is 94.9 Å². The maximum Gasteiger partial charge on any atom is 0.326 e. The van der Waals surface area contributed by atoms with Crippen molar-refractivity contribution in [3.63, 3.8) is 0 Å². The molecule has 134 valence electrons. The summed E-state index contributed by atoms with van der Waals surface area (Å²) in [5.74, 6) is -1.88. The van der Waals surface area contributed by atoms with Crippen molar-refractivity contribution in [1.29, 1.82) is 5.26 Å². The number of aromatic nitrogens is 1. The number of anilines is 1. The van der Waals surface area contributed by atoms with Crippen molar-refractivity contribution in [3.8, 4) is 6.07 Å². The highest BCUT2D eigenvalue weighted by molar-refractivity contribution is 6.35. The van der Waals surface area contributed by atoms with Crippen molar-refractivity contribution in [2.45, 2.75) is 19.8 Å². The predicted octanol–water partition coefficient (Wildman–Crippen LogP) is 4.48. The van der Waals surface area contributed by atoms with E-state index in [9.17, 15) is 19.2 Å². The highest BCUT2D eigenvalue weighted by Gasteiger charge is 2.19. The average molecular weight is 395 g/mol. The number of para-hydroxylation sites is 1. The van der Waals surface area contributed by atoms with Gasteiger partial charge < -0.3 is 5.32 Å². The molecule has 0 saturated carbocycles. The first-order chi connectivity index (χ1) is 12.2. The summed E-state index contributed by atoms with van der Waals surface area (Å²) in [6.07, 6.45) is 0. The summed E-state index contributed by atoms with van der Waals surface area (Å²) >= 11 is 11.2. The fraction of sp³-hybridized carbons (Fsp3) is 0.176. The predicted molar refractivity (Wildman–Crippen MR) is 95.9 cm³/mol. The molecule has 1 aromatic heterocycles. The molecular formula is C17H13Cl2FN4O2. The Morgan fingerprint density at radius 3 is 2.58 bits per heavy atom. The maximum absolute atomic E-state index is 13.5. The first-order valence-electron chi connectivity index (χ1n) is 7.41. The van der Waals surface area contributed by atoms with E-state index in [1.165, 1.54) is 0 Å². The molecule has 0 unspecified atom stereocenters. The van der Waals surface area contributed by atoms with Gasteiger partial charge in [-0.15, -0.1) is 0 Å². The molecule has 0 fully saturated rings. The molecule has 26 heavy (non-hydrogen) atoms. The van der Waals surface area contributed by atoms with Gasteiger partial charge in [-0.1, -0.05) is 49.2 Å². The molecule has 1 aromatic carbocycles. The number of imide groups is 1. The maximum atomic E-state index is 13.5. The van der Waals surface area contributed by atoms with Gasteiger partial charge in [0.25, 0.3) is 5.91 Å². The van der Waals surface area contributed by atoms with Crippen LogP contribution in [0.4, 0.5) is 14.9 Å². The lowest BCUT2D eigenvalue weighted by Crippen LogP contribution is -2.35. The Labute approximate surface area is 158 Å². The van der Waals surface area contributed by atoms with Crippen LogP contribution in [-0.2, 0) is 0 Å². The Morgan fingerprint density at radius 1 is 1.27 bits per heavy atom. The quantitative estimate of drug-likeness (QED) is 0.749. The lowest BCUT2D eigenvalue weighted by Gasteiger charge is -2.15. The summed E-state index contributed by atoms with van der Waals surface area (Å²) in [6, 6.07) is 6.87. The number of benzene rings is 1. The number of carbonyl (C=O) groups is 2. The van der Waals surface area contributed by atoms with E-state index >= 15 is 0 Å². The summed E-state index contributed by atoms with van der Waals surface area (Å²) in [6.45, 7) is 3.79. The van der Waals surface area contributed by atoms with E-state index in [4.69, 9.17) is 23.2 Å². The Hall–Kier alpha value is -2.69. The normalized spacial score (nSPS) is 10.3. The standard InChI is InChI=1S/C17H13Cl2FN4O2/c1-8(2)10-5-3-4-9(7-21)13(10)22-17(26)24-16(25)11-6-12(20)15(19)23-14(11)18/h3-6,8H,1-2H3,(H2,22,24,25,26). The Balaban J connectivity index is 2.24. The van der Waals surface area contributed by atoms with Crippen LogP contribution >= 0.6 is 23.2 Å². The van der Waals surface area contributed by atoms with Gasteiger partial charge in [0, 0.05) is 0 Å². The fourth-order valence-corrected chi connectivity index (χ4v) is 2.61. The van der Waals surface area contributed by atoms with Gasteiger partial charge in [-0.3, -0.25) is 10.1 Å². The van der Waals surface area contributed by atoms with Crippen molar-refractivity contribution in [3.05, 3.63) is 57.1 Å². The Bertz CT molecular complexity index is 926. The summed E-state index contributed by atoms with van der Waals surface area (Å²) in [4.78, 5) is 27.8. The molecule has 2 aromatic rings. The largest absolute Gasteiger partial charge is 0.326 e. The van der Waals surface area contributed by atoms with Crippen LogP contribution in [-0.4, -0.2) is 16.9 Å². The van der Waals surface area contributed by atoms with Crippen LogP contribution in [0.15, 0.2) is 24.3 Å². The number of nitrogens with zero attached hydrogens (tertiary/aromatic N) is 2. The molecule has 0 aliphatic carbocycles. The second kappa shape index (κ2) is 8.13. The molecule has 0 saturated heterocycles. The van der Waals surface area contributed by atoms with Gasteiger partial charge >= 0.3 is 6.03 Å². The van der Waals surface area contributed by atoms with Crippen molar-refractivity contribution in [2.24, 2.45) is 0 Å². The molecule has 0 aliphatic rings. The van der Waals surface area contributed by atoms with Gasteiger partial charge in [-0.05, 0) is 23.6 Å². The van der Waals surface area contributed by atoms with Crippen LogP contribution in [0, 0.1) is 17.1 Å². The monoisotopic (exact) mass is 394 g/mol. The minimum atomic E-state index is -0.962. The van der Waals surface area contributed by atoms with E-state index in [0.29, 0.717) is 5.69 Å². The van der Waals surface area contributed by atoms with Crippen LogP contribution in [0.5, 0.6) is 0 Å². The number of carbonyl (C=O) groups excluding carboxylic acids is 2. The smallest absolute Gasteiger partial charge is 0.306 e. The van der Waals surface area contributed by atoms with Gasteiger partial charge in [0.15, 0.2) is 11.0 Å². The van der Waals surface area contributed by atoms with Crippen molar-refractivity contribution < 1.29 is 14.0 Å². The van der Waals surface area contributed by atoms with E-state index in [1.54, 1.807) is 18.2 Å². The number of halogens is 3. The molecular weight excluding hydrogens is 382 g/mol. The number of rotatable bonds is 3. The lowest BCUT2D eigenvalue weighted by atomic mass is 9.98. The highest BCUT2D eigenvalue weighted by atomic mass is 35.5. The van der Waals surface area contributed by atoms with E-state index < -0.39 is 22.9 Å². The van der Waals surface area contributed by atoms with Crippen LogP contribution in [0.2, 0.25) is 10.3 Å². The number of urea groups is 1. The zero-order valence-corrected chi connectivity index (χ0v) is 15.2. The molecule has 0 atom stereocenters. The van der Waals surface area contributed by atoms with Crippen molar-refractivity contribution in [1.82, 2.24) is 10.3 Å². The molecule has 3 amide bonds. The van der Waals surface area contributed by atoms with E-state index in [1.807, 2.05) is 25.2 Å². The summed E-state index contributed by atoms with van der Waals surface area (Å²) in [7, 11) is 0. The van der Waals surface area contributed by atoms with Crippen LogP contribution in [0.1, 0.15) is 41.3 Å². The summed E-state index contributed by atoms with van der Waals surface area (Å²) in [5.41, 5.74) is 0.920. The van der Waals surface area contributed by atoms with Gasteiger partial charge in [-0.2, -0.15) is 5.26 Å². The zero-order valence-electron chi connectivity index (χ0n) is 13.7. The highest BCUT2D eigenvalue weighted by Crippen LogP contribution is 2.27. The molecule has 6 nitrogen and oxygen atoms in total. The SMILES string of the molecule is CC(C)c1cccc(C#N)c1NC(=O)NC(=O)c1cc(F)c(Cl)nc1Cl. The Morgan fingerprint density at radius 2 is 1.96 bits per heavy atom. The lowest BCUT2D eigenvalue weighted by molar-refractivity contribution is 0.0966. The van der Waals surface area contributed by atoms with Crippen LogP contribution < -0.4 is 10.6 Å². The molecule has 0 spiro atoms. The summed E-state index contributed by atoms with van der Waals surface area (Å²) in [5, 5.41) is 12.9. The third-order valence-electron chi connectivity index (χ3n) is 3.44. The number of hydrogen-bond donors (Lipinski definition) is 2. The van der Waals surface area contributed by atoms with E-state index in [-0.39, 0.29) is 22.2 Å². The number of pyridine rings is 1. The molecule has 2 N–H and O–H groups in total. The van der Waals surface area contributed by atoms with Gasteiger partial charge in [0.2, 0.25) is 0 Å². The van der Waals surface area contributed by atoms with Gasteiger partial charge in [0.05, 0.1) is 16.8 Å². The molecule has 0 bridgehead atoms. The summed E-state index contributed by atoms with van der Waals surface area (Å²) < 4.78 is 13.5. The fourth-order valence-electron chi connectivity index (χ4n) is 2.20. The molecule has 2 rings (SSSR count). The minimum absolute atomic E-state index is 0.0262. The first kappa shape index (κ1) is 19.6. The first-order valence-corrected chi connectivity index (χ1v) is 8.17. The van der Waals surface area contributed by atoms with E-state index in [0.717, 1.165) is 11.6 Å². The van der Waals surface area contributed by atoms with Crippen molar-refractivity contribution >= 4 is 40.8 Å². The van der Waals surface area contributed by atoms with Crippen molar-refractivity contribution in [2.75, 3.05) is 5.32 Å². The van der Waals surface area contributed by atoms with Gasteiger partial charge in [-0.25, -0.2) is 14.2 Å². The third kappa shape index (κ3) is 4.28. The number of hydrogen-bond acceptors (Lipinski definition) is 4. The second-order valence-electron chi connectivity index (χ2n) is 5.54. The molecule has 1 heterocycles. The van der Waals surface area contributed by atoms with Crippen LogP contribution in [0.3, 0.4) is 0 Å². The van der Waals surface area contributed by atoms with Gasteiger partial charge in [0.1, 0.15) is 11.2 Å². The molecule has 0 aliphatic heterocycles. The number of nitrogens with one attached hydrogen (secondary N) is 2. The molecule has 9 heteroatoms. The Kier molecular flexibility index (Phi) is 6.14. The zero-order chi connectivity index (χ0) is 19.4. The third-order valence-corrected chi connectivity index (χ3v) is 3.99. The van der Waals surface area contributed by atoms with Crippen LogP contribution in [0.25, 0.3) is 0 Å².